The molecule has 0 saturated heterocycles. The average molecular weight is 265 g/mol. The molecule has 1 N–H and O–H groups in total. The van der Waals surface area contributed by atoms with Gasteiger partial charge in [0.1, 0.15) is 0 Å². The van der Waals surface area contributed by atoms with Gasteiger partial charge in [-0.3, -0.25) is 4.79 Å². The molecule has 20 heavy (non-hydrogen) atoms. The summed E-state index contributed by atoms with van der Waals surface area (Å²) < 4.78 is 0. The lowest BCUT2D eigenvalue weighted by Gasteiger charge is -2.13. The largest absolute Gasteiger partial charge is 0.316 e. The number of carbonyl (C=O) groups is 1. The summed E-state index contributed by atoms with van der Waals surface area (Å²) in [7, 11) is 0. The molecule has 0 aromatic heterocycles. The lowest BCUT2D eigenvalue weighted by Crippen LogP contribution is -2.18. The predicted octanol–water partition coefficient (Wildman–Crippen LogP) is 3.17. The SMILES string of the molecule is C[C@@H]1CNCCc2ccc(C(=O)c3ccccc3)cc21. The molecule has 0 fully saturated rings. The van der Waals surface area contributed by atoms with E-state index in [9.17, 15) is 4.79 Å². The maximum Gasteiger partial charge on any atom is 0.193 e. The van der Waals surface area contributed by atoms with Crippen molar-refractivity contribution < 1.29 is 4.79 Å². The van der Waals surface area contributed by atoms with Crippen molar-refractivity contribution in [2.45, 2.75) is 19.3 Å². The molecular formula is C18H19NO. The van der Waals surface area contributed by atoms with Gasteiger partial charge in [-0.2, -0.15) is 0 Å². The molecule has 0 saturated carbocycles. The molecule has 2 nitrogen and oxygen atoms in total. The molecule has 1 heterocycles. The van der Waals surface area contributed by atoms with Crippen molar-refractivity contribution >= 4 is 5.78 Å². The van der Waals surface area contributed by atoms with Crippen LogP contribution in [-0.4, -0.2) is 18.9 Å². The first kappa shape index (κ1) is 13.1. The Morgan fingerprint density at radius 1 is 1.10 bits per heavy atom. The molecule has 2 heteroatoms. The third-order valence-electron chi connectivity index (χ3n) is 4.00. The monoisotopic (exact) mass is 265 g/mol. The number of nitrogens with one attached hydrogen (secondary N) is 1. The molecule has 0 spiro atoms. The number of fused-ring (bicyclic) bond motifs is 1. The zero-order chi connectivity index (χ0) is 13.9. The van der Waals surface area contributed by atoms with Crippen LogP contribution in [0.4, 0.5) is 0 Å². The van der Waals surface area contributed by atoms with Gasteiger partial charge in [0.15, 0.2) is 5.78 Å². The number of carbonyl (C=O) groups excluding carboxylic acids is 1. The van der Waals surface area contributed by atoms with E-state index in [0.29, 0.717) is 5.92 Å². The van der Waals surface area contributed by atoms with Crippen molar-refractivity contribution in [3.8, 4) is 0 Å². The molecule has 3 rings (SSSR count). The normalized spacial score (nSPS) is 18.1. The van der Waals surface area contributed by atoms with Crippen LogP contribution < -0.4 is 5.32 Å². The van der Waals surface area contributed by atoms with E-state index in [0.717, 1.165) is 30.6 Å². The lowest BCUT2D eigenvalue weighted by molar-refractivity contribution is 0.103. The van der Waals surface area contributed by atoms with E-state index in [2.05, 4.69) is 24.4 Å². The van der Waals surface area contributed by atoms with Crippen molar-refractivity contribution in [3.05, 3.63) is 70.8 Å². The van der Waals surface area contributed by atoms with Gasteiger partial charge in [0.05, 0.1) is 0 Å². The summed E-state index contributed by atoms with van der Waals surface area (Å²) in [6, 6.07) is 15.7. The van der Waals surface area contributed by atoms with Gasteiger partial charge < -0.3 is 5.32 Å². The molecule has 0 amide bonds. The highest BCUT2D eigenvalue weighted by Gasteiger charge is 2.17. The van der Waals surface area contributed by atoms with Crippen LogP contribution in [0.15, 0.2) is 48.5 Å². The highest BCUT2D eigenvalue weighted by molar-refractivity contribution is 6.09. The molecule has 1 aliphatic rings. The van der Waals surface area contributed by atoms with Gasteiger partial charge in [0.2, 0.25) is 0 Å². The van der Waals surface area contributed by atoms with Crippen LogP contribution in [0.25, 0.3) is 0 Å². The second-order valence-corrected chi connectivity index (χ2v) is 5.46. The van der Waals surface area contributed by atoms with Crippen molar-refractivity contribution in [3.63, 3.8) is 0 Å². The second-order valence-electron chi connectivity index (χ2n) is 5.46. The third kappa shape index (κ3) is 2.52. The molecule has 0 aliphatic carbocycles. The van der Waals surface area contributed by atoms with Crippen LogP contribution in [0, 0.1) is 0 Å². The predicted molar refractivity (Wildman–Crippen MR) is 81.3 cm³/mol. The van der Waals surface area contributed by atoms with E-state index in [1.54, 1.807) is 0 Å². The minimum atomic E-state index is 0.109. The number of ketones is 1. The fourth-order valence-corrected chi connectivity index (χ4v) is 2.83. The Labute approximate surface area is 119 Å². The van der Waals surface area contributed by atoms with E-state index in [-0.39, 0.29) is 5.78 Å². The lowest BCUT2D eigenvalue weighted by atomic mass is 9.91. The first-order chi connectivity index (χ1) is 9.75. The zero-order valence-corrected chi connectivity index (χ0v) is 11.7. The van der Waals surface area contributed by atoms with Crippen LogP contribution >= 0.6 is 0 Å². The summed E-state index contributed by atoms with van der Waals surface area (Å²) in [4.78, 5) is 12.5. The molecule has 2 aromatic carbocycles. The Kier molecular flexibility index (Phi) is 3.66. The first-order valence-corrected chi connectivity index (χ1v) is 7.19. The Bertz CT molecular complexity index is 619. The molecule has 102 valence electrons. The van der Waals surface area contributed by atoms with Crippen molar-refractivity contribution in [2.75, 3.05) is 13.1 Å². The van der Waals surface area contributed by atoms with Crippen LogP contribution in [0.5, 0.6) is 0 Å². The fraction of sp³-hybridized carbons (Fsp3) is 0.278. The van der Waals surface area contributed by atoms with E-state index in [1.807, 2.05) is 36.4 Å². The minimum Gasteiger partial charge on any atom is -0.316 e. The standard InChI is InChI=1S/C18H19NO/c1-13-12-19-10-9-14-7-8-16(11-17(13)14)18(20)15-5-3-2-4-6-15/h2-8,11,13,19H,9-10,12H2,1H3/t13-/m1/s1. The number of hydrogen-bond acceptors (Lipinski definition) is 2. The highest BCUT2D eigenvalue weighted by Crippen LogP contribution is 2.24. The maximum atomic E-state index is 12.5. The van der Waals surface area contributed by atoms with Gasteiger partial charge in [-0.05, 0) is 36.1 Å². The van der Waals surface area contributed by atoms with Gasteiger partial charge in [0.25, 0.3) is 0 Å². The number of rotatable bonds is 2. The van der Waals surface area contributed by atoms with Gasteiger partial charge in [-0.25, -0.2) is 0 Å². The molecular weight excluding hydrogens is 246 g/mol. The van der Waals surface area contributed by atoms with Gasteiger partial charge in [0, 0.05) is 17.7 Å². The first-order valence-electron chi connectivity index (χ1n) is 7.19. The summed E-state index contributed by atoms with van der Waals surface area (Å²) in [5.41, 5.74) is 4.24. The third-order valence-corrected chi connectivity index (χ3v) is 4.00. The van der Waals surface area contributed by atoms with Crippen LogP contribution in [0.1, 0.15) is 39.9 Å². The fourth-order valence-electron chi connectivity index (χ4n) is 2.83. The second kappa shape index (κ2) is 5.59. The van der Waals surface area contributed by atoms with Crippen molar-refractivity contribution in [1.29, 1.82) is 0 Å². The van der Waals surface area contributed by atoms with Gasteiger partial charge >= 0.3 is 0 Å². The van der Waals surface area contributed by atoms with Crippen LogP contribution in [0.3, 0.4) is 0 Å². The Morgan fingerprint density at radius 3 is 2.70 bits per heavy atom. The average Bonchev–Trinajstić information content (AvgIpc) is 2.69. The zero-order valence-electron chi connectivity index (χ0n) is 11.7. The Hall–Kier alpha value is -1.93. The molecule has 0 radical (unpaired) electrons. The van der Waals surface area contributed by atoms with Gasteiger partial charge in [-0.1, -0.05) is 49.4 Å². The summed E-state index contributed by atoms with van der Waals surface area (Å²) >= 11 is 0. The summed E-state index contributed by atoms with van der Waals surface area (Å²) in [6.07, 6.45) is 1.04. The Balaban J connectivity index is 1.98. The van der Waals surface area contributed by atoms with Crippen LogP contribution in [-0.2, 0) is 6.42 Å². The molecule has 1 atom stereocenters. The summed E-state index contributed by atoms with van der Waals surface area (Å²) in [5.74, 6) is 0.564. The van der Waals surface area contributed by atoms with Gasteiger partial charge in [-0.15, -0.1) is 0 Å². The number of benzene rings is 2. The molecule has 0 bridgehead atoms. The van der Waals surface area contributed by atoms with E-state index in [1.165, 1.54) is 11.1 Å². The highest BCUT2D eigenvalue weighted by atomic mass is 16.1. The summed E-state index contributed by atoms with van der Waals surface area (Å²) in [5, 5.41) is 3.44. The van der Waals surface area contributed by atoms with Crippen molar-refractivity contribution in [1.82, 2.24) is 5.32 Å². The topological polar surface area (TPSA) is 29.1 Å². The number of hydrogen-bond donors (Lipinski definition) is 1. The molecule has 1 aliphatic heterocycles. The van der Waals surface area contributed by atoms with Crippen molar-refractivity contribution in [2.24, 2.45) is 0 Å². The summed E-state index contributed by atoms with van der Waals surface area (Å²) in [6.45, 7) is 4.22. The van der Waals surface area contributed by atoms with E-state index >= 15 is 0 Å². The smallest absolute Gasteiger partial charge is 0.193 e. The van der Waals surface area contributed by atoms with E-state index < -0.39 is 0 Å². The van der Waals surface area contributed by atoms with Crippen LogP contribution in [0.2, 0.25) is 0 Å². The molecule has 0 unspecified atom stereocenters. The maximum absolute atomic E-state index is 12.5. The quantitative estimate of drug-likeness (QED) is 0.845. The molecule has 2 aromatic rings. The Morgan fingerprint density at radius 2 is 1.90 bits per heavy atom. The minimum absolute atomic E-state index is 0.109. The van der Waals surface area contributed by atoms with E-state index in [4.69, 9.17) is 0 Å².